The Labute approximate surface area is 225 Å². The van der Waals surface area contributed by atoms with Crippen molar-refractivity contribution in [2.24, 2.45) is 0 Å². The molecule has 0 aliphatic carbocycles. The van der Waals surface area contributed by atoms with E-state index in [0.29, 0.717) is 41.5 Å². The number of halogens is 3. The molecule has 0 saturated carbocycles. The number of aryl methyl sites for hydroxylation is 1. The van der Waals surface area contributed by atoms with E-state index < -0.39 is 29.0 Å². The Morgan fingerprint density at radius 1 is 1.05 bits per heavy atom. The molecule has 0 spiro atoms. The summed E-state index contributed by atoms with van der Waals surface area (Å²) in [5.41, 5.74) is 8.17. The molecule has 1 aliphatic heterocycles. The summed E-state index contributed by atoms with van der Waals surface area (Å²) in [6, 6.07) is 9.12. The lowest BCUT2D eigenvalue weighted by Crippen LogP contribution is -2.24. The number of ketones is 1. The van der Waals surface area contributed by atoms with Crippen LogP contribution >= 0.6 is 0 Å². The molecular formula is C28H21F3N6O3. The Bertz CT molecular complexity index is 1810. The molecule has 1 saturated heterocycles. The Morgan fingerprint density at radius 2 is 1.82 bits per heavy atom. The van der Waals surface area contributed by atoms with Crippen LogP contribution in [-0.2, 0) is 4.79 Å². The van der Waals surface area contributed by atoms with Crippen molar-refractivity contribution < 1.29 is 27.5 Å². The Hall–Kier alpha value is -5.13. The van der Waals surface area contributed by atoms with Gasteiger partial charge in [-0.1, -0.05) is 6.07 Å². The van der Waals surface area contributed by atoms with E-state index in [1.54, 1.807) is 6.92 Å². The summed E-state index contributed by atoms with van der Waals surface area (Å²) in [7, 11) is 0. The lowest BCUT2D eigenvalue weighted by atomic mass is 10.1. The topological polar surface area (TPSA) is 119 Å². The van der Waals surface area contributed by atoms with Crippen LogP contribution in [-0.4, -0.2) is 38.0 Å². The number of aromatic amines is 1. The second kappa shape index (κ2) is 9.56. The zero-order valence-electron chi connectivity index (χ0n) is 21.0. The molecule has 3 aromatic heterocycles. The van der Waals surface area contributed by atoms with Gasteiger partial charge in [-0.3, -0.25) is 9.59 Å². The summed E-state index contributed by atoms with van der Waals surface area (Å²) in [5, 5.41) is 4.69. The molecule has 40 heavy (non-hydrogen) atoms. The molecule has 3 N–H and O–H groups in total. The summed E-state index contributed by atoms with van der Waals surface area (Å²) in [5.74, 6) is -3.52. The van der Waals surface area contributed by atoms with Gasteiger partial charge in [0.05, 0.1) is 35.0 Å². The van der Waals surface area contributed by atoms with Crippen molar-refractivity contribution in [3.05, 3.63) is 89.1 Å². The van der Waals surface area contributed by atoms with Crippen molar-refractivity contribution in [1.29, 1.82) is 0 Å². The van der Waals surface area contributed by atoms with Crippen LogP contribution in [0.5, 0.6) is 11.6 Å². The fraction of sp³-hybridized carbons (Fsp3) is 0.143. The molecule has 6 rings (SSSR count). The third-order valence-corrected chi connectivity index (χ3v) is 6.76. The van der Waals surface area contributed by atoms with Crippen LogP contribution in [0.1, 0.15) is 34.5 Å². The van der Waals surface area contributed by atoms with Gasteiger partial charge in [-0.15, -0.1) is 0 Å². The number of amides is 1. The minimum absolute atomic E-state index is 0.0249. The molecule has 1 amide bonds. The lowest BCUT2D eigenvalue weighted by Gasteiger charge is -2.16. The van der Waals surface area contributed by atoms with Crippen LogP contribution < -0.4 is 15.4 Å². The van der Waals surface area contributed by atoms with E-state index in [1.165, 1.54) is 52.3 Å². The van der Waals surface area contributed by atoms with Crippen LogP contribution in [0.15, 0.2) is 54.9 Å². The number of H-pyrrole nitrogens is 1. The van der Waals surface area contributed by atoms with Crippen LogP contribution in [0.3, 0.4) is 0 Å². The number of benzene rings is 2. The number of para-hydroxylation sites is 1. The van der Waals surface area contributed by atoms with Gasteiger partial charge < -0.3 is 20.4 Å². The van der Waals surface area contributed by atoms with Crippen molar-refractivity contribution in [3.8, 4) is 17.3 Å². The van der Waals surface area contributed by atoms with Gasteiger partial charge >= 0.3 is 0 Å². The zero-order valence-corrected chi connectivity index (χ0v) is 21.0. The minimum atomic E-state index is -0.872. The fourth-order valence-electron chi connectivity index (χ4n) is 4.73. The number of nitrogens with two attached hydrogens (primary N) is 1. The Kier molecular flexibility index (Phi) is 6.01. The molecule has 0 atom stereocenters. The van der Waals surface area contributed by atoms with Gasteiger partial charge in [-0.05, 0) is 49.2 Å². The molecule has 1 aliphatic rings. The molecule has 12 heteroatoms. The van der Waals surface area contributed by atoms with Crippen LogP contribution in [0.4, 0.5) is 24.7 Å². The highest BCUT2D eigenvalue weighted by Crippen LogP contribution is 2.31. The number of aromatic nitrogens is 4. The predicted molar refractivity (Wildman–Crippen MR) is 140 cm³/mol. The molecule has 0 radical (unpaired) electrons. The van der Waals surface area contributed by atoms with E-state index >= 15 is 0 Å². The highest BCUT2D eigenvalue weighted by molar-refractivity contribution is 6.12. The number of rotatable bonds is 6. The maximum atomic E-state index is 14.8. The number of nitrogens with one attached hydrogen (secondary N) is 1. The fourth-order valence-corrected chi connectivity index (χ4v) is 4.73. The smallest absolute Gasteiger partial charge is 0.227 e. The SMILES string of the molecule is Cc1cc(Oc2c(F)cccc2F)ncc1-n1ncc(C(=O)c2cc3cc(F)c(N4CCCC4=O)cc3[nH]2)c1N. The standard InChI is InChI=1S/C28H21F3N6O3/c1-14-8-24(40-27-17(29)4-2-5-18(27)30)33-13-23(14)37-28(32)16(12-34-37)26(39)21-10-15-9-19(31)22(11-20(15)35-21)36-7-3-6-25(36)38/h2,4-5,8-13,35H,3,6-7,32H2,1H3. The number of hydrogen-bond acceptors (Lipinski definition) is 6. The molecule has 5 aromatic rings. The predicted octanol–water partition coefficient (Wildman–Crippen LogP) is 5.21. The van der Waals surface area contributed by atoms with Crippen molar-refractivity contribution in [3.63, 3.8) is 0 Å². The van der Waals surface area contributed by atoms with Gasteiger partial charge in [-0.25, -0.2) is 22.8 Å². The van der Waals surface area contributed by atoms with Gasteiger partial charge in [0.2, 0.25) is 23.3 Å². The molecule has 0 bridgehead atoms. The number of nitrogens with zero attached hydrogens (tertiary/aromatic N) is 4. The number of anilines is 2. The van der Waals surface area contributed by atoms with Crippen molar-refractivity contribution in [1.82, 2.24) is 19.7 Å². The lowest BCUT2D eigenvalue weighted by molar-refractivity contribution is -0.117. The first kappa shape index (κ1) is 25.2. The number of nitrogen functional groups attached to an aromatic ring is 1. The van der Waals surface area contributed by atoms with Crippen molar-refractivity contribution in [2.45, 2.75) is 19.8 Å². The maximum Gasteiger partial charge on any atom is 0.227 e. The largest absolute Gasteiger partial charge is 0.433 e. The summed E-state index contributed by atoms with van der Waals surface area (Å²) in [6.45, 7) is 2.13. The maximum absolute atomic E-state index is 14.8. The second-order valence-electron chi connectivity index (χ2n) is 9.37. The first-order valence-electron chi connectivity index (χ1n) is 12.3. The van der Waals surface area contributed by atoms with Crippen LogP contribution in [0.2, 0.25) is 0 Å². The summed E-state index contributed by atoms with van der Waals surface area (Å²) >= 11 is 0. The van der Waals surface area contributed by atoms with Gasteiger partial charge in [0.25, 0.3) is 0 Å². The van der Waals surface area contributed by atoms with Gasteiger partial charge in [0.15, 0.2) is 11.6 Å². The van der Waals surface area contributed by atoms with Gasteiger partial charge in [-0.2, -0.15) is 5.10 Å². The van der Waals surface area contributed by atoms with E-state index in [2.05, 4.69) is 15.1 Å². The summed E-state index contributed by atoms with van der Waals surface area (Å²) < 4.78 is 49.3. The van der Waals surface area contributed by atoms with E-state index in [1.807, 2.05) is 0 Å². The third kappa shape index (κ3) is 4.23. The average molecular weight is 547 g/mol. The molecule has 0 unspecified atom stereocenters. The zero-order chi connectivity index (χ0) is 28.1. The van der Waals surface area contributed by atoms with Gasteiger partial charge in [0, 0.05) is 29.9 Å². The molecule has 1 fully saturated rings. The Balaban J connectivity index is 1.28. The minimum Gasteiger partial charge on any atom is -0.433 e. The highest BCUT2D eigenvalue weighted by atomic mass is 19.1. The second-order valence-corrected chi connectivity index (χ2v) is 9.37. The van der Waals surface area contributed by atoms with Gasteiger partial charge in [0.1, 0.15) is 11.6 Å². The first-order valence-corrected chi connectivity index (χ1v) is 12.3. The van der Waals surface area contributed by atoms with Crippen LogP contribution in [0, 0.1) is 24.4 Å². The number of pyridine rings is 1. The highest BCUT2D eigenvalue weighted by Gasteiger charge is 2.26. The molecule has 202 valence electrons. The normalized spacial score (nSPS) is 13.4. The Morgan fingerprint density at radius 3 is 2.52 bits per heavy atom. The van der Waals surface area contributed by atoms with E-state index in [0.717, 1.165) is 12.1 Å². The van der Waals surface area contributed by atoms with E-state index in [-0.39, 0.29) is 34.5 Å². The number of hydrogen-bond donors (Lipinski definition) is 2. The number of carbonyl (C=O) groups excluding carboxylic acids is 2. The summed E-state index contributed by atoms with van der Waals surface area (Å²) in [4.78, 5) is 33.9. The molecular weight excluding hydrogens is 525 g/mol. The molecule has 2 aromatic carbocycles. The van der Waals surface area contributed by atoms with Crippen LogP contribution in [0.25, 0.3) is 16.6 Å². The number of fused-ring (bicyclic) bond motifs is 1. The van der Waals surface area contributed by atoms with Crippen molar-refractivity contribution in [2.75, 3.05) is 17.2 Å². The monoisotopic (exact) mass is 546 g/mol. The van der Waals surface area contributed by atoms with E-state index in [4.69, 9.17) is 10.5 Å². The van der Waals surface area contributed by atoms with E-state index in [9.17, 15) is 22.8 Å². The molecule has 4 heterocycles. The quantitative estimate of drug-likeness (QED) is 0.283. The first-order chi connectivity index (χ1) is 19.2. The number of ether oxygens (including phenoxy) is 1. The summed E-state index contributed by atoms with van der Waals surface area (Å²) in [6.07, 6.45) is 3.68. The number of carbonyl (C=O) groups is 2. The third-order valence-electron chi connectivity index (χ3n) is 6.76. The average Bonchev–Trinajstić information content (AvgIpc) is 3.64. The molecule has 9 nitrogen and oxygen atoms in total. The van der Waals surface area contributed by atoms with Crippen molar-refractivity contribution >= 4 is 34.1 Å².